The molecule has 2 aromatic rings. The summed E-state index contributed by atoms with van der Waals surface area (Å²) in [5.74, 6) is -0.0478. The molecule has 0 aliphatic carbocycles. The molecule has 25 heavy (non-hydrogen) atoms. The van der Waals surface area contributed by atoms with Gasteiger partial charge in [-0.05, 0) is 5.56 Å². The number of rotatable bonds is 9. The van der Waals surface area contributed by atoms with Crippen LogP contribution in [0.3, 0.4) is 0 Å². The quantitative estimate of drug-likeness (QED) is 0.677. The number of carboxylic acids is 1. The molecule has 0 saturated heterocycles. The molecule has 0 aliphatic heterocycles. The molecule has 0 saturated carbocycles. The molecule has 1 unspecified atom stereocenters. The molecule has 7 nitrogen and oxygen atoms in total. The first-order valence-corrected chi connectivity index (χ1v) is 8.10. The van der Waals surface area contributed by atoms with Crippen LogP contribution in [0, 0.1) is 0 Å². The molecule has 2 rings (SSSR count). The van der Waals surface area contributed by atoms with Gasteiger partial charge in [0.25, 0.3) is 0 Å². The van der Waals surface area contributed by atoms with Gasteiger partial charge in [0.05, 0.1) is 40.2 Å². The summed E-state index contributed by atoms with van der Waals surface area (Å²) < 4.78 is 6.32. The minimum atomic E-state index is -0.859. The molecule has 0 bridgehead atoms. The van der Waals surface area contributed by atoms with E-state index < -0.39 is 5.97 Å². The van der Waals surface area contributed by atoms with Crippen molar-refractivity contribution in [3.05, 3.63) is 48.2 Å². The van der Waals surface area contributed by atoms with Crippen LogP contribution in [-0.4, -0.2) is 59.3 Å². The zero-order valence-corrected chi connectivity index (χ0v) is 14.8. The van der Waals surface area contributed by atoms with E-state index in [1.54, 1.807) is 12.3 Å². The maximum Gasteiger partial charge on any atom is 0.305 e. The topological polar surface area (TPSA) is 84.3 Å². The number of aromatic nitrogens is 2. The van der Waals surface area contributed by atoms with Gasteiger partial charge in [0.2, 0.25) is 11.8 Å². The zero-order valence-electron chi connectivity index (χ0n) is 14.8. The first-order valence-electron chi connectivity index (χ1n) is 8.10. The molecule has 1 aromatic carbocycles. The lowest BCUT2D eigenvalue weighted by molar-refractivity contribution is -0.870. The summed E-state index contributed by atoms with van der Waals surface area (Å²) in [7, 11) is 6.03. The molecule has 0 aliphatic rings. The number of hydrogen-bond acceptors (Lipinski definition) is 5. The smallest absolute Gasteiger partial charge is 0.305 e. The average molecular weight is 345 g/mol. The van der Waals surface area contributed by atoms with Crippen LogP contribution < -0.4 is 10.1 Å². The summed E-state index contributed by atoms with van der Waals surface area (Å²) in [6.07, 6.45) is 1.59. The number of aliphatic carboxylic acids is 1. The third-order valence-corrected chi connectivity index (χ3v) is 3.38. The summed E-state index contributed by atoms with van der Waals surface area (Å²) in [5.41, 5.74) is 1.05. The predicted octanol–water partition coefficient (Wildman–Crippen LogP) is 2.02. The van der Waals surface area contributed by atoms with Gasteiger partial charge in [-0.1, -0.05) is 30.3 Å². The summed E-state index contributed by atoms with van der Waals surface area (Å²) in [5, 5.41) is 12.2. The van der Waals surface area contributed by atoms with Gasteiger partial charge < -0.3 is 19.6 Å². The highest BCUT2D eigenvalue weighted by molar-refractivity contribution is 5.68. The summed E-state index contributed by atoms with van der Waals surface area (Å²) in [4.78, 5) is 19.6. The molecule has 2 N–H and O–H groups in total. The Kier molecular flexibility index (Phi) is 6.30. The van der Waals surface area contributed by atoms with E-state index in [-0.39, 0.29) is 12.5 Å². The Hall–Kier alpha value is -2.67. The molecule has 1 atom stereocenters. The monoisotopic (exact) mass is 345 g/mol. The van der Waals surface area contributed by atoms with Gasteiger partial charge in [-0.2, -0.15) is 4.98 Å². The molecule has 1 heterocycles. The minimum Gasteiger partial charge on any atom is -0.481 e. The molecule has 7 heteroatoms. The van der Waals surface area contributed by atoms with Crippen LogP contribution in [0.15, 0.2) is 42.6 Å². The second-order valence-corrected chi connectivity index (χ2v) is 6.90. The molecule has 0 amide bonds. The van der Waals surface area contributed by atoms with E-state index in [2.05, 4.69) is 15.3 Å². The number of likely N-dealkylation sites (N-methyl/N-ethyl adjacent to an activating group) is 1. The molecular weight excluding hydrogens is 320 g/mol. The first-order chi connectivity index (χ1) is 11.8. The van der Waals surface area contributed by atoms with E-state index in [1.165, 1.54) is 0 Å². The van der Waals surface area contributed by atoms with Crippen LogP contribution in [0.2, 0.25) is 0 Å². The van der Waals surface area contributed by atoms with Crippen LogP contribution in [0.1, 0.15) is 12.0 Å². The van der Waals surface area contributed by atoms with Gasteiger partial charge in [0, 0.05) is 12.3 Å². The highest BCUT2D eigenvalue weighted by Gasteiger charge is 2.22. The minimum absolute atomic E-state index is 0.00597. The number of quaternary nitrogens is 1. The van der Waals surface area contributed by atoms with Crippen LogP contribution in [0.5, 0.6) is 5.88 Å². The Labute approximate surface area is 147 Å². The van der Waals surface area contributed by atoms with Crippen LogP contribution in [0.4, 0.5) is 5.95 Å². The van der Waals surface area contributed by atoms with Gasteiger partial charge in [0.1, 0.15) is 6.61 Å². The van der Waals surface area contributed by atoms with E-state index in [0.717, 1.165) is 5.56 Å². The molecular formula is C18H25N4O3+. The SMILES string of the molecule is C[N+](C)(C)CC(CC(=O)O)Nc1nccc(OCc2ccccc2)n1. The largest absolute Gasteiger partial charge is 0.481 e. The summed E-state index contributed by atoms with van der Waals surface area (Å²) >= 11 is 0. The summed E-state index contributed by atoms with van der Waals surface area (Å²) in [6, 6.07) is 11.2. The standard InChI is InChI=1S/C18H24N4O3/c1-22(2,3)12-15(11-17(23)24)20-18-19-10-9-16(21-18)25-13-14-7-5-4-6-8-14/h4-10,15H,11-13H2,1-3H3,(H-,19,20,21,23,24)/p+1. The number of carbonyl (C=O) groups is 1. The van der Waals surface area contributed by atoms with Crippen LogP contribution in [-0.2, 0) is 11.4 Å². The number of ether oxygens (including phenoxy) is 1. The van der Waals surface area contributed by atoms with Gasteiger partial charge in [-0.15, -0.1) is 0 Å². The maximum atomic E-state index is 11.1. The van der Waals surface area contributed by atoms with E-state index in [4.69, 9.17) is 9.84 Å². The number of nitrogens with zero attached hydrogens (tertiary/aromatic N) is 3. The Morgan fingerprint density at radius 3 is 2.60 bits per heavy atom. The van der Waals surface area contributed by atoms with Crippen molar-refractivity contribution in [2.24, 2.45) is 0 Å². The van der Waals surface area contributed by atoms with Gasteiger partial charge in [-0.3, -0.25) is 4.79 Å². The van der Waals surface area contributed by atoms with Crippen molar-refractivity contribution in [3.8, 4) is 5.88 Å². The number of carboxylic acid groups (broad SMARTS) is 1. The third kappa shape index (κ3) is 7.17. The lowest BCUT2D eigenvalue weighted by atomic mass is 10.2. The van der Waals surface area contributed by atoms with Gasteiger partial charge in [-0.25, -0.2) is 4.98 Å². The number of nitrogens with one attached hydrogen (secondary N) is 1. The maximum absolute atomic E-state index is 11.1. The third-order valence-electron chi connectivity index (χ3n) is 3.38. The van der Waals surface area contributed by atoms with Crippen LogP contribution in [0.25, 0.3) is 0 Å². The first kappa shape index (κ1) is 18.7. The Balaban J connectivity index is 2.01. The number of benzene rings is 1. The highest BCUT2D eigenvalue weighted by Crippen LogP contribution is 2.13. The van der Waals surface area contributed by atoms with Crippen molar-refractivity contribution in [1.29, 1.82) is 0 Å². The zero-order chi connectivity index (χ0) is 18.3. The molecule has 1 aromatic heterocycles. The van der Waals surface area contributed by atoms with E-state index in [9.17, 15) is 4.79 Å². The predicted molar refractivity (Wildman–Crippen MR) is 95.4 cm³/mol. The Morgan fingerprint density at radius 2 is 1.96 bits per heavy atom. The second kappa shape index (κ2) is 8.43. The van der Waals surface area contributed by atoms with Crippen molar-refractivity contribution >= 4 is 11.9 Å². The van der Waals surface area contributed by atoms with Crippen molar-refractivity contribution in [3.63, 3.8) is 0 Å². The van der Waals surface area contributed by atoms with Gasteiger partial charge in [0.15, 0.2) is 0 Å². The highest BCUT2D eigenvalue weighted by atomic mass is 16.5. The van der Waals surface area contributed by atoms with Crippen LogP contribution >= 0.6 is 0 Å². The van der Waals surface area contributed by atoms with Crippen molar-refractivity contribution in [2.45, 2.75) is 19.1 Å². The summed E-state index contributed by atoms with van der Waals surface area (Å²) in [6.45, 7) is 1.04. The Morgan fingerprint density at radius 1 is 1.24 bits per heavy atom. The fourth-order valence-corrected chi connectivity index (χ4v) is 2.44. The Bertz CT molecular complexity index is 686. The fraction of sp³-hybridized carbons (Fsp3) is 0.389. The van der Waals surface area contributed by atoms with Gasteiger partial charge >= 0.3 is 5.97 Å². The molecule has 0 radical (unpaired) electrons. The second-order valence-electron chi connectivity index (χ2n) is 6.90. The average Bonchev–Trinajstić information content (AvgIpc) is 2.52. The lowest BCUT2D eigenvalue weighted by Gasteiger charge is -2.29. The van der Waals surface area contributed by atoms with Crippen molar-refractivity contribution in [2.75, 3.05) is 33.0 Å². The number of anilines is 1. The molecule has 0 spiro atoms. The van der Waals surface area contributed by atoms with E-state index >= 15 is 0 Å². The number of hydrogen-bond donors (Lipinski definition) is 2. The van der Waals surface area contributed by atoms with Crippen molar-refractivity contribution < 1.29 is 19.1 Å². The normalized spacial score (nSPS) is 12.4. The molecule has 134 valence electrons. The van der Waals surface area contributed by atoms with E-state index in [1.807, 2.05) is 51.5 Å². The fourth-order valence-electron chi connectivity index (χ4n) is 2.44. The molecule has 0 fully saturated rings. The van der Waals surface area contributed by atoms with Crippen molar-refractivity contribution in [1.82, 2.24) is 9.97 Å². The van der Waals surface area contributed by atoms with E-state index in [0.29, 0.717) is 29.5 Å². The lowest BCUT2D eigenvalue weighted by Crippen LogP contribution is -2.45.